The van der Waals surface area contributed by atoms with E-state index in [2.05, 4.69) is 16.0 Å². The summed E-state index contributed by atoms with van der Waals surface area (Å²) in [6.07, 6.45) is 1.10. The molecule has 1 aliphatic heterocycles. The molecule has 0 aromatic heterocycles. The number of hydrogen-bond acceptors (Lipinski definition) is 4. The van der Waals surface area contributed by atoms with Crippen molar-refractivity contribution in [1.82, 2.24) is 16.0 Å². The van der Waals surface area contributed by atoms with Crippen LogP contribution >= 0.6 is 0 Å². The minimum Gasteiger partial charge on any atom is -0.368 e. The largest absolute Gasteiger partial charge is 0.368 e. The van der Waals surface area contributed by atoms with E-state index in [0.29, 0.717) is 19.3 Å². The van der Waals surface area contributed by atoms with Crippen molar-refractivity contribution in [2.24, 2.45) is 11.7 Å². The Hall–Kier alpha value is -2.12. The van der Waals surface area contributed by atoms with E-state index in [1.54, 1.807) is 6.92 Å². The van der Waals surface area contributed by atoms with Gasteiger partial charge in [-0.25, -0.2) is 0 Å². The van der Waals surface area contributed by atoms with Gasteiger partial charge in [0.2, 0.25) is 23.6 Å². The van der Waals surface area contributed by atoms with Gasteiger partial charge in [-0.2, -0.15) is 0 Å². The zero-order valence-corrected chi connectivity index (χ0v) is 13.2. The normalized spacial score (nSPS) is 20.2. The van der Waals surface area contributed by atoms with Crippen LogP contribution in [0.5, 0.6) is 0 Å². The summed E-state index contributed by atoms with van der Waals surface area (Å²) in [5.74, 6) is -1.57. The number of carbonyl (C=O) groups is 4. The van der Waals surface area contributed by atoms with Crippen LogP contribution in [0, 0.1) is 5.92 Å². The van der Waals surface area contributed by atoms with Crippen LogP contribution in [0.1, 0.15) is 40.0 Å². The van der Waals surface area contributed by atoms with Gasteiger partial charge in [-0.3, -0.25) is 19.2 Å². The number of rotatable bonds is 7. The fourth-order valence-electron chi connectivity index (χ4n) is 2.55. The highest BCUT2D eigenvalue weighted by atomic mass is 16.2. The van der Waals surface area contributed by atoms with Crippen molar-refractivity contribution in [3.63, 3.8) is 0 Å². The van der Waals surface area contributed by atoms with Crippen LogP contribution in [0.4, 0.5) is 0 Å². The molecule has 0 aromatic rings. The standard InChI is InChI=1S/C14H24N4O4/c1-8(2)6-14(3,13(22)16-7-10(15)19)18-12(21)9-4-5-11(20)17-9/h8-9H,4-7H2,1-3H3,(H2,15,19)(H,16,22)(H,17,20)(H,18,21)/t9-,14-/m0/s1. The third-order valence-electron chi connectivity index (χ3n) is 3.45. The number of primary amides is 1. The number of carbonyl (C=O) groups excluding carboxylic acids is 4. The van der Waals surface area contributed by atoms with Gasteiger partial charge in [0.25, 0.3) is 0 Å². The maximum atomic E-state index is 12.3. The van der Waals surface area contributed by atoms with E-state index in [9.17, 15) is 19.2 Å². The second-order valence-corrected chi connectivity index (χ2v) is 6.23. The molecular weight excluding hydrogens is 288 g/mol. The Morgan fingerprint density at radius 1 is 1.41 bits per heavy atom. The van der Waals surface area contributed by atoms with Gasteiger partial charge >= 0.3 is 0 Å². The topological polar surface area (TPSA) is 130 Å². The van der Waals surface area contributed by atoms with Crippen LogP contribution in [0.3, 0.4) is 0 Å². The van der Waals surface area contributed by atoms with Crippen molar-refractivity contribution >= 4 is 23.6 Å². The lowest BCUT2D eigenvalue weighted by Gasteiger charge is -2.32. The molecule has 4 amide bonds. The molecule has 0 unspecified atom stereocenters. The first-order chi connectivity index (χ1) is 10.1. The van der Waals surface area contributed by atoms with E-state index >= 15 is 0 Å². The van der Waals surface area contributed by atoms with E-state index in [4.69, 9.17) is 5.73 Å². The SMILES string of the molecule is CC(C)C[C@](C)(NC(=O)[C@@H]1CCC(=O)N1)C(=O)NCC(N)=O. The lowest BCUT2D eigenvalue weighted by Crippen LogP contribution is -2.60. The Balaban J connectivity index is 2.77. The molecule has 0 bridgehead atoms. The molecule has 0 aromatic carbocycles. The van der Waals surface area contributed by atoms with Crippen LogP contribution in [-0.2, 0) is 19.2 Å². The summed E-state index contributed by atoms with van der Waals surface area (Å²) in [4.78, 5) is 46.5. The minimum absolute atomic E-state index is 0.141. The van der Waals surface area contributed by atoms with Crippen molar-refractivity contribution in [2.75, 3.05) is 6.54 Å². The van der Waals surface area contributed by atoms with Crippen molar-refractivity contribution < 1.29 is 19.2 Å². The molecular formula is C14H24N4O4. The van der Waals surface area contributed by atoms with Gasteiger partial charge in [-0.15, -0.1) is 0 Å². The zero-order valence-electron chi connectivity index (χ0n) is 13.2. The van der Waals surface area contributed by atoms with Gasteiger partial charge in [-0.1, -0.05) is 13.8 Å². The summed E-state index contributed by atoms with van der Waals surface area (Å²) in [6, 6.07) is -0.622. The summed E-state index contributed by atoms with van der Waals surface area (Å²) in [5, 5.41) is 7.67. The lowest BCUT2D eigenvalue weighted by molar-refractivity contribution is -0.135. The molecule has 1 fully saturated rings. The van der Waals surface area contributed by atoms with Crippen molar-refractivity contribution in [3.05, 3.63) is 0 Å². The lowest BCUT2D eigenvalue weighted by atomic mass is 9.89. The fraction of sp³-hybridized carbons (Fsp3) is 0.714. The van der Waals surface area contributed by atoms with Crippen LogP contribution in [-0.4, -0.2) is 41.8 Å². The van der Waals surface area contributed by atoms with Gasteiger partial charge in [0.05, 0.1) is 6.54 Å². The second kappa shape index (κ2) is 7.24. The Labute approximate surface area is 129 Å². The summed E-state index contributed by atoms with van der Waals surface area (Å²) in [6.45, 7) is 5.15. The van der Waals surface area contributed by atoms with Crippen LogP contribution in [0.2, 0.25) is 0 Å². The molecule has 5 N–H and O–H groups in total. The first kappa shape index (κ1) is 17.9. The third-order valence-corrected chi connectivity index (χ3v) is 3.45. The van der Waals surface area contributed by atoms with Crippen molar-refractivity contribution in [3.8, 4) is 0 Å². The molecule has 0 radical (unpaired) electrons. The molecule has 1 saturated heterocycles. The van der Waals surface area contributed by atoms with Crippen LogP contribution in [0.25, 0.3) is 0 Å². The smallest absolute Gasteiger partial charge is 0.245 e. The fourth-order valence-corrected chi connectivity index (χ4v) is 2.55. The zero-order chi connectivity index (χ0) is 16.9. The molecule has 8 heteroatoms. The number of amides is 4. The van der Waals surface area contributed by atoms with E-state index < -0.39 is 29.3 Å². The Kier molecular flexibility index (Phi) is 5.90. The molecule has 1 heterocycles. The molecule has 1 rings (SSSR count). The average Bonchev–Trinajstić information content (AvgIpc) is 2.81. The highest BCUT2D eigenvalue weighted by molar-refractivity contribution is 5.96. The van der Waals surface area contributed by atoms with E-state index in [-0.39, 0.29) is 18.4 Å². The first-order valence-corrected chi connectivity index (χ1v) is 7.32. The summed E-state index contributed by atoms with van der Waals surface area (Å²) >= 11 is 0. The third kappa shape index (κ3) is 5.01. The maximum absolute atomic E-state index is 12.3. The van der Waals surface area contributed by atoms with Crippen molar-refractivity contribution in [2.45, 2.75) is 51.6 Å². The van der Waals surface area contributed by atoms with Gasteiger partial charge in [-0.05, 0) is 25.7 Å². The van der Waals surface area contributed by atoms with Crippen LogP contribution < -0.4 is 21.7 Å². The highest BCUT2D eigenvalue weighted by Crippen LogP contribution is 2.18. The Morgan fingerprint density at radius 3 is 2.50 bits per heavy atom. The predicted molar refractivity (Wildman–Crippen MR) is 79.4 cm³/mol. The predicted octanol–water partition coefficient (Wildman–Crippen LogP) is -1.21. The quantitative estimate of drug-likeness (QED) is 0.469. The Morgan fingerprint density at radius 2 is 2.05 bits per heavy atom. The summed E-state index contributed by atoms with van der Waals surface area (Å²) in [5.41, 5.74) is 3.84. The molecule has 0 saturated carbocycles. The van der Waals surface area contributed by atoms with Crippen LogP contribution in [0.15, 0.2) is 0 Å². The molecule has 1 aliphatic rings. The summed E-state index contributed by atoms with van der Waals surface area (Å²) in [7, 11) is 0. The summed E-state index contributed by atoms with van der Waals surface area (Å²) < 4.78 is 0. The van der Waals surface area contributed by atoms with Gasteiger partial charge < -0.3 is 21.7 Å². The molecule has 2 atom stereocenters. The molecule has 0 aliphatic carbocycles. The number of nitrogens with one attached hydrogen (secondary N) is 3. The van der Waals surface area contributed by atoms with Gasteiger partial charge in [0.15, 0.2) is 0 Å². The van der Waals surface area contributed by atoms with Gasteiger partial charge in [0.1, 0.15) is 11.6 Å². The maximum Gasteiger partial charge on any atom is 0.245 e. The molecule has 0 spiro atoms. The number of nitrogens with two attached hydrogens (primary N) is 1. The van der Waals surface area contributed by atoms with Crippen molar-refractivity contribution in [1.29, 1.82) is 0 Å². The average molecular weight is 312 g/mol. The van der Waals surface area contributed by atoms with E-state index in [1.807, 2.05) is 13.8 Å². The van der Waals surface area contributed by atoms with Gasteiger partial charge in [0, 0.05) is 6.42 Å². The number of hydrogen-bond donors (Lipinski definition) is 4. The first-order valence-electron chi connectivity index (χ1n) is 7.32. The molecule has 8 nitrogen and oxygen atoms in total. The highest BCUT2D eigenvalue weighted by Gasteiger charge is 2.38. The van der Waals surface area contributed by atoms with E-state index in [0.717, 1.165) is 0 Å². The van der Waals surface area contributed by atoms with E-state index in [1.165, 1.54) is 0 Å². The molecule has 124 valence electrons. The Bertz CT molecular complexity index is 477. The molecule has 22 heavy (non-hydrogen) atoms. The monoisotopic (exact) mass is 312 g/mol. The minimum atomic E-state index is -1.17. The second-order valence-electron chi connectivity index (χ2n) is 6.23.